The summed E-state index contributed by atoms with van der Waals surface area (Å²) >= 11 is 0. The Morgan fingerprint density at radius 1 is 0.435 bits per heavy atom. The molecule has 0 radical (unpaired) electrons. The minimum Gasteiger partial charge on any atom is -0.309 e. The van der Waals surface area contributed by atoms with Crippen LogP contribution in [0.2, 0.25) is 0 Å². The molecule has 0 aliphatic carbocycles. The summed E-state index contributed by atoms with van der Waals surface area (Å²) in [5.74, 6) is 0.637. The minimum atomic E-state index is 0.637. The van der Waals surface area contributed by atoms with Gasteiger partial charge in [0.05, 0.1) is 34.0 Å². The molecular weight excluding hydrogens is 560 g/mol. The first-order valence-electron chi connectivity index (χ1n) is 15.5. The minimum absolute atomic E-state index is 0.637. The molecule has 0 saturated carbocycles. The van der Waals surface area contributed by atoms with Gasteiger partial charge in [-0.1, -0.05) is 133 Å². The number of fused-ring (bicyclic) bond motifs is 7. The Bertz CT molecular complexity index is 2300. The molecule has 0 spiro atoms. The summed E-state index contributed by atoms with van der Waals surface area (Å²) in [6.07, 6.45) is 0. The number of nitrogens with zero attached hydrogens (tertiary/aromatic N) is 4. The van der Waals surface area contributed by atoms with Crippen molar-refractivity contribution in [1.82, 2.24) is 14.5 Å². The Morgan fingerprint density at radius 2 is 0.935 bits per heavy atom. The van der Waals surface area contributed by atoms with Gasteiger partial charge in [-0.3, -0.25) is 4.57 Å². The van der Waals surface area contributed by atoms with Crippen LogP contribution >= 0.6 is 0 Å². The van der Waals surface area contributed by atoms with Crippen molar-refractivity contribution >= 4 is 28.0 Å². The average molecular weight is 589 g/mol. The summed E-state index contributed by atoms with van der Waals surface area (Å²) in [4.78, 5) is 13.0. The lowest BCUT2D eigenvalue weighted by Gasteiger charge is -2.27. The van der Waals surface area contributed by atoms with Crippen molar-refractivity contribution in [3.05, 3.63) is 170 Å². The third-order valence-corrected chi connectivity index (χ3v) is 8.76. The van der Waals surface area contributed by atoms with E-state index in [-0.39, 0.29) is 0 Å². The van der Waals surface area contributed by atoms with Crippen molar-refractivity contribution in [2.75, 3.05) is 4.90 Å². The summed E-state index contributed by atoms with van der Waals surface area (Å²) in [7, 11) is 0. The highest BCUT2D eigenvalue weighted by atomic mass is 15.2. The van der Waals surface area contributed by atoms with Crippen LogP contribution < -0.4 is 4.90 Å². The fourth-order valence-electron chi connectivity index (χ4n) is 6.76. The highest BCUT2D eigenvalue weighted by molar-refractivity contribution is 6.12. The predicted molar refractivity (Wildman–Crippen MR) is 189 cm³/mol. The third kappa shape index (κ3) is 4.15. The number of benzene rings is 6. The standard InChI is InChI=1S/C42H28N4/c1-4-16-29(17-5-1)35-28-36(30-18-6-2-7-19-30)44-42(43-35)46-38-26-14-11-23-33(38)40-32-22-10-13-25-37(32)45(31-20-8-3-9-21-31)39-27-15-12-24-34(39)41(40)46/h1-28H. The van der Waals surface area contributed by atoms with Crippen LogP contribution in [0.1, 0.15) is 0 Å². The molecule has 0 amide bonds. The van der Waals surface area contributed by atoms with Gasteiger partial charge in [0.2, 0.25) is 5.95 Å². The van der Waals surface area contributed by atoms with E-state index in [2.05, 4.69) is 167 Å². The van der Waals surface area contributed by atoms with E-state index in [4.69, 9.17) is 9.97 Å². The normalized spacial score (nSPS) is 11.9. The highest BCUT2D eigenvalue weighted by Gasteiger charge is 2.31. The second-order valence-corrected chi connectivity index (χ2v) is 11.5. The molecule has 0 N–H and O–H groups in total. The zero-order valence-electron chi connectivity index (χ0n) is 25.0. The molecule has 4 nitrogen and oxygen atoms in total. The van der Waals surface area contributed by atoms with Crippen LogP contribution in [0.5, 0.6) is 0 Å². The summed E-state index contributed by atoms with van der Waals surface area (Å²) in [6, 6.07) is 59.5. The molecule has 2 aromatic heterocycles. The van der Waals surface area contributed by atoms with Gasteiger partial charge in [0.25, 0.3) is 0 Å². The van der Waals surface area contributed by atoms with Gasteiger partial charge >= 0.3 is 0 Å². The Labute approximate surface area is 267 Å². The quantitative estimate of drug-likeness (QED) is 0.205. The maximum atomic E-state index is 5.30. The molecule has 0 bridgehead atoms. The monoisotopic (exact) mass is 588 g/mol. The van der Waals surface area contributed by atoms with E-state index < -0.39 is 0 Å². The lowest BCUT2D eigenvalue weighted by atomic mass is 9.98. The SMILES string of the molecule is c1ccc(-c2cc(-c3ccccc3)nc(-n3c4c(c5ccccc53)-c3ccccc3N(c3ccccc3)c3ccccc3-4)n2)cc1. The van der Waals surface area contributed by atoms with Crippen molar-refractivity contribution in [1.29, 1.82) is 0 Å². The summed E-state index contributed by atoms with van der Waals surface area (Å²) in [5.41, 5.74) is 12.8. The maximum Gasteiger partial charge on any atom is 0.235 e. The molecule has 216 valence electrons. The molecule has 4 heteroatoms. The second-order valence-electron chi connectivity index (χ2n) is 11.5. The summed E-state index contributed by atoms with van der Waals surface area (Å²) in [6.45, 7) is 0. The fraction of sp³-hybridized carbons (Fsp3) is 0. The van der Waals surface area contributed by atoms with Crippen LogP contribution in [0.25, 0.3) is 61.8 Å². The van der Waals surface area contributed by atoms with Crippen LogP contribution in [0.4, 0.5) is 17.1 Å². The molecule has 46 heavy (non-hydrogen) atoms. The van der Waals surface area contributed by atoms with Crippen molar-refractivity contribution in [2.45, 2.75) is 0 Å². The molecule has 0 unspecified atom stereocenters. The molecular formula is C42H28N4. The maximum absolute atomic E-state index is 5.30. The van der Waals surface area contributed by atoms with Gasteiger partial charge in [-0.25, -0.2) is 9.97 Å². The van der Waals surface area contributed by atoms with E-state index >= 15 is 0 Å². The van der Waals surface area contributed by atoms with E-state index in [0.29, 0.717) is 5.95 Å². The first-order chi connectivity index (χ1) is 22.8. The number of anilines is 3. The van der Waals surface area contributed by atoms with Crippen LogP contribution in [-0.4, -0.2) is 14.5 Å². The Kier molecular flexibility index (Phi) is 6.10. The van der Waals surface area contributed by atoms with Crippen molar-refractivity contribution in [2.24, 2.45) is 0 Å². The first kappa shape index (κ1) is 26.2. The largest absolute Gasteiger partial charge is 0.309 e. The molecule has 0 fully saturated rings. The van der Waals surface area contributed by atoms with Gasteiger partial charge in [-0.05, 0) is 36.4 Å². The van der Waals surface area contributed by atoms with E-state index in [1.807, 2.05) is 12.1 Å². The first-order valence-corrected chi connectivity index (χ1v) is 15.5. The van der Waals surface area contributed by atoms with Gasteiger partial charge in [-0.15, -0.1) is 0 Å². The van der Waals surface area contributed by atoms with Crippen molar-refractivity contribution in [3.8, 4) is 50.8 Å². The Morgan fingerprint density at radius 3 is 1.59 bits per heavy atom. The molecule has 6 aromatic carbocycles. The lowest BCUT2D eigenvalue weighted by molar-refractivity contribution is 0.975. The second kappa shape index (κ2) is 10.7. The van der Waals surface area contributed by atoms with E-state index in [1.54, 1.807) is 0 Å². The van der Waals surface area contributed by atoms with Crippen molar-refractivity contribution in [3.63, 3.8) is 0 Å². The zero-order valence-corrected chi connectivity index (χ0v) is 25.0. The third-order valence-electron chi connectivity index (χ3n) is 8.76. The van der Waals surface area contributed by atoms with Crippen LogP contribution in [0.3, 0.4) is 0 Å². The van der Waals surface area contributed by atoms with Crippen LogP contribution in [0, 0.1) is 0 Å². The molecule has 1 aliphatic heterocycles. The molecule has 0 saturated heterocycles. The Balaban J connectivity index is 1.42. The molecule has 0 atom stereocenters. The topological polar surface area (TPSA) is 34.0 Å². The number of para-hydroxylation sites is 4. The fourth-order valence-corrected chi connectivity index (χ4v) is 6.76. The number of hydrogen-bond donors (Lipinski definition) is 0. The average Bonchev–Trinajstić information content (AvgIpc) is 3.42. The molecule has 8 aromatic rings. The molecule has 9 rings (SSSR count). The smallest absolute Gasteiger partial charge is 0.235 e. The lowest BCUT2D eigenvalue weighted by Crippen LogP contribution is -2.11. The van der Waals surface area contributed by atoms with Gasteiger partial charge in [0.1, 0.15) is 0 Å². The predicted octanol–water partition coefficient (Wildman–Crippen LogP) is 10.9. The molecule has 3 heterocycles. The molecule has 1 aliphatic rings. The van der Waals surface area contributed by atoms with E-state index in [1.165, 1.54) is 5.56 Å². The van der Waals surface area contributed by atoms with Gasteiger partial charge in [0, 0.05) is 38.9 Å². The van der Waals surface area contributed by atoms with Crippen molar-refractivity contribution < 1.29 is 0 Å². The summed E-state index contributed by atoms with van der Waals surface area (Å²) in [5, 5.41) is 1.16. The van der Waals surface area contributed by atoms with E-state index in [9.17, 15) is 0 Å². The zero-order chi connectivity index (χ0) is 30.5. The van der Waals surface area contributed by atoms with Gasteiger partial charge in [0.15, 0.2) is 0 Å². The van der Waals surface area contributed by atoms with Gasteiger partial charge < -0.3 is 4.90 Å². The number of rotatable bonds is 4. The van der Waals surface area contributed by atoms with Gasteiger partial charge in [-0.2, -0.15) is 0 Å². The number of hydrogen-bond acceptors (Lipinski definition) is 3. The highest BCUT2D eigenvalue weighted by Crippen LogP contribution is 2.54. The van der Waals surface area contributed by atoms with E-state index in [0.717, 1.165) is 67.3 Å². The number of aromatic nitrogens is 3. The van der Waals surface area contributed by atoms with Crippen LogP contribution in [0.15, 0.2) is 170 Å². The Hall–Kier alpha value is -6.26. The summed E-state index contributed by atoms with van der Waals surface area (Å²) < 4.78 is 2.27. The van der Waals surface area contributed by atoms with Crippen LogP contribution in [-0.2, 0) is 0 Å².